The van der Waals surface area contributed by atoms with Crippen molar-refractivity contribution in [2.75, 3.05) is 19.4 Å². The van der Waals surface area contributed by atoms with Crippen LogP contribution in [0.25, 0.3) is 0 Å². The number of nitrogens with one attached hydrogen (secondary N) is 3. The van der Waals surface area contributed by atoms with Crippen molar-refractivity contribution in [3.63, 3.8) is 0 Å². The van der Waals surface area contributed by atoms with Gasteiger partial charge in [-0.2, -0.15) is 0 Å². The van der Waals surface area contributed by atoms with Gasteiger partial charge < -0.3 is 5.32 Å². The molecule has 2 rings (SSSR count). The fourth-order valence-electron chi connectivity index (χ4n) is 2.18. The minimum Gasteiger partial charge on any atom is -0.322 e. The standard InChI is InChI=1S/C16H19N3O5S2/c1-11-4-7-13(10-15(11)26(23,24)18-3)19-16(20)12-5-8-14(9-6-12)25(21,22)17-2/h4-10,17-18H,1-3H3,(H,19,20). The van der Waals surface area contributed by atoms with Gasteiger partial charge >= 0.3 is 0 Å². The van der Waals surface area contributed by atoms with E-state index >= 15 is 0 Å². The van der Waals surface area contributed by atoms with E-state index in [0.29, 0.717) is 11.3 Å². The molecule has 0 radical (unpaired) electrons. The SMILES string of the molecule is CNS(=O)(=O)c1ccc(C(=O)Nc2ccc(C)c(S(=O)(=O)NC)c2)cc1. The molecule has 0 spiro atoms. The zero-order chi connectivity index (χ0) is 19.5. The minimum atomic E-state index is -3.65. The van der Waals surface area contributed by atoms with Gasteiger partial charge in [-0.3, -0.25) is 4.79 Å². The molecule has 0 aromatic heterocycles. The predicted octanol–water partition coefficient (Wildman–Crippen LogP) is 1.06. The number of sulfonamides is 2. The van der Waals surface area contributed by atoms with Crippen molar-refractivity contribution >= 4 is 31.6 Å². The summed E-state index contributed by atoms with van der Waals surface area (Å²) < 4.78 is 51.8. The highest BCUT2D eigenvalue weighted by Gasteiger charge is 2.17. The largest absolute Gasteiger partial charge is 0.322 e. The van der Waals surface area contributed by atoms with Crippen LogP contribution in [0, 0.1) is 6.92 Å². The molecular formula is C16H19N3O5S2. The number of rotatable bonds is 6. The van der Waals surface area contributed by atoms with E-state index in [9.17, 15) is 21.6 Å². The number of amides is 1. The highest BCUT2D eigenvalue weighted by Crippen LogP contribution is 2.20. The van der Waals surface area contributed by atoms with Gasteiger partial charge in [-0.25, -0.2) is 26.3 Å². The molecule has 0 atom stereocenters. The van der Waals surface area contributed by atoms with E-state index in [1.54, 1.807) is 19.1 Å². The lowest BCUT2D eigenvalue weighted by Crippen LogP contribution is -2.20. The predicted molar refractivity (Wildman–Crippen MR) is 98.1 cm³/mol. The second-order valence-corrected chi connectivity index (χ2v) is 9.12. The third-order valence-corrected chi connectivity index (χ3v) is 6.69. The molecule has 2 aromatic carbocycles. The molecule has 0 heterocycles. The highest BCUT2D eigenvalue weighted by atomic mass is 32.2. The van der Waals surface area contributed by atoms with Crippen LogP contribution >= 0.6 is 0 Å². The van der Waals surface area contributed by atoms with Gasteiger partial charge in [-0.1, -0.05) is 6.07 Å². The van der Waals surface area contributed by atoms with E-state index in [0.717, 1.165) is 0 Å². The van der Waals surface area contributed by atoms with Gasteiger partial charge in [0.2, 0.25) is 20.0 Å². The Morgan fingerprint density at radius 2 is 1.42 bits per heavy atom. The maximum atomic E-state index is 12.3. The number of aryl methyl sites for hydroxylation is 1. The van der Waals surface area contributed by atoms with Gasteiger partial charge in [0.25, 0.3) is 5.91 Å². The maximum Gasteiger partial charge on any atom is 0.255 e. The molecule has 2 aromatic rings. The first-order valence-corrected chi connectivity index (χ1v) is 10.5. The lowest BCUT2D eigenvalue weighted by molar-refractivity contribution is 0.102. The van der Waals surface area contributed by atoms with Crippen LogP contribution in [0.2, 0.25) is 0 Å². The Hall–Kier alpha value is -2.27. The van der Waals surface area contributed by atoms with E-state index in [1.807, 2.05) is 0 Å². The van der Waals surface area contributed by atoms with E-state index in [-0.39, 0.29) is 15.4 Å². The molecule has 140 valence electrons. The molecular weight excluding hydrogens is 378 g/mol. The Kier molecular flexibility index (Phi) is 5.81. The van der Waals surface area contributed by atoms with Gasteiger partial charge in [0, 0.05) is 11.3 Å². The number of anilines is 1. The van der Waals surface area contributed by atoms with Crippen LogP contribution in [0.15, 0.2) is 52.3 Å². The lowest BCUT2D eigenvalue weighted by Gasteiger charge is -2.11. The summed E-state index contributed by atoms with van der Waals surface area (Å²) in [5, 5.41) is 2.60. The van der Waals surface area contributed by atoms with Crippen LogP contribution in [0.5, 0.6) is 0 Å². The van der Waals surface area contributed by atoms with Crippen molar-refractivity contribution < 1.29 is 21.6 Å². The summed E-state index contributed by atoms with van der Waals surface area (Å²) in [7, 11) is -4.63. The summed E-state index contributed by atoms with van der Waals surface area (Å²) in [6.07, 6.45) is 0. The van der Waals surface area contributed by atoms with E-state index < -0.39 is 26.0 Å². The Labute approximate surface area is 152 Å². The Morgan fingerprint density at radius 3 is 1.96 bits per heavy atom. The van der Waals surface area contributed by atoms with Crippen LogP contribution in [-0.2, 0) is 20.0 Å². The smallest absolute Gasteiger partial charge is 0.255 e. The molecule has 0 bridgehead atoms. The summed E-state index contributed by atoms with van der Waals surface area (Å²) in [6, 6.07) is 9.90. The molecule has 0 aliphatic heterocycles. The molecule has 3 N–H and O–H groups in total. The second-order valence-electron chi connectivity index (χ2n) is 5.37. The van der Waals surface area contributed by atoms with Crippen molar-refractivity contribution in [3.05, 3.63) is 53.6 Å². The maximum absolute atomic E-state index is 12.3. The molecule has 1 amide bonds. The minimum absolute atomic E-state index is 0.0364. The van der Waals surface area contributed by atoms with Crippen molar-refractivity contribution in [2.24, 2.45) is 0 Å². The first kappa shape index (κ1) is 20.0. The van der Waals surface area contributed by atoms with Crippen LogP contribution in [-0.4, -0.2) is 36.8 Å². The molecule has 10 heteroatoms. The van der Waals surface area contributed by atoms with Crippen LogP contribution in [0.3, 0.4) is 0 Å². The summed E-state index contributed by atoms with van der Waals surface area (Å²) in [6.45, 7) is 1.65. The average Bonchev–Trinajstić information content (AvgIpc) is 2.63. The average molecular weight is 397 g/mol. The van der Waals surface area contributed by atoms with Gasteiger partial charge in [0.1, 0.15) is 0 Å². The van der Waals surface area contributed by atoms with E-state index in [4.69, 9.17) is 0 Å². The number of carbonyl (C=O) groups excluding carboxylic acids is 1. The monoisotopic (exact) mass is 397 g/mol. The van der Waals surface area contributed by atoms with Crippen molar-refractivity contribution in [3.8, 4) is 0 Å². The second kappa shape index (κ2) is 7.54. The third kappa shape index (κ3) is 4.28. The third-order valence-electron chi connectivity index (χ3n) is 3.70. The Morgan fingerprint density at radius 1 is 0.846 bits per heavy atom. The zero-order valence-electron chi connectivity index (χ0n) is 14.4. The topological polar surface area (TPSA) is 121 Å². The summed E-state index contributed by atoms with van der Waals surface area (Å²) >= 11 is 0. The number of hydrogen-bond acceptors (Lipinski definition) is 5. The Balaban J connectivity index is 2.27. The normalized spacial score (nSPS) is 12.0. The molecule has 0 unspecified atom stereocenters. The molecule has 26 heavy (non-hydrogen) atoms. The van der Waals surface area contributed by atoms with Gasteiger partial charge in [-0.15, -0.1) is 0 Å². The number of benzene rings is 2. The van der Waals surface area contributed by atoms with Crippen LogP contribution in [0.1, 0.15) is 15.9 Å². The number of hydrogen-bond donors (Lipinski definition) is 3. The van der Waals surface area contributed by atoms with Crippen molar-refractivity contribution in [1.82, 2.24) is 9.44 Å². The fourth-order valence-corrected chi connectivity index (χ4v) is 3.91. The molecule has 0 fully saturated rings. The van der Waals surface area contributed by atoms with Crippen LogP contribution in [0.4, 0.5) is 5.69 Å². The highest BCUT2D eigenvalue weighted by molar-refractivity contribution is 7.89. The van der Waals surface area contributed by atoms with E-state index in [1.165, 1.54) is 44.4 Å². The quantitative estimate of drug-likeness (QED) is 0.673. The van der Waals surface area contributed by atoms with Gasteiger partial charge in [0.05, 0.1) is 9.79 Å². The lowest BCUT2D eigenvalue weighted by atomic mass is 10.2. The summed E-state index contributed by atoms with van der Waals surface area (Å²) in [5.41, 5.74) is 1.08. The summed E-state index contributed by atoms with van der Waals surface area (Å²) in [5.74, 6) is -0.491. The van der Waals surface area contributed by atoms with Crippen molar-refractivity contribution in [2.45, 2.75) is 16.7 Å². The fraction of sp³-hybridized carbons (Fsp3) is 0.188. The molecule has 8 nitrogen and oxygen atoms in total. The summed E-state index contributed by atoms with van der Waals surface area (Å²) in [4.78, 5) is 12.4. The van der Waals surface area contributed by atoms with Gasteiger partial charge in [-0.05, 0) is 63.0 Å². The molecule has 0 saturated heterocycles. The van der Waals surface area contributed by atoms with Crippen LogP contribution < -0.4 is 14.8 Å². The van der Waals surface area contributed by atoms with Gasteiger partial charge in [0.15, 0.2) is 0 Å². The molecule has 0 saturated carbocycles. The van der Waals surface area contributed by atoms with Crippen molar-refractivity contribution in [1.29, 1.82) is 0 Å². The first-order chi connectivity index (χ1) is 12.1. The first-order valence-electron chi connectivity index (χ1n) is 7.50. The Bertz CT molecular complexity index is 1030. The van der Waals surface area contributed by atoms with E-state index in [2.05, 4.69) is 14.8 Å². The number of carbonyl (C=O) groups is 1. The molecule has 0 aliphatic carbocycles. The molecule has 0 aliphatic rings. The zero-order valence-corrected chi connectivity index (χ0v) is 16.0.